The lowest BCUT2D eigenvalue weighted by atomic mass is 10.1. The molecular weight excluding hydrogens is 285 g/mol. The van der Waals surface area contributed by atoms with Gasteiger partial charge in [0.1, 0.15) is 11.5 Å². The van der Waals surface area contributed by atoms with E-state index in [0.717, 1.165) is 18.2 Å². The number of nitrogens with zero attached hydrogens (tertiary/aromatic N) is 1. The molecule has 2 rings (SSSR count). The highest BCUT2D eigenvalue weighted by atomic mass is 19.3. The maximum atomic E-state index is 13.1. The van der Waals surface area contributed by atoms with E-state index in [0.29, 0.717) is 5.56 Å². The normalized spacial score (nSPS) is 10.7. The lowest BCUT2D eigenvalue weighted by molar-refractivity contribution is -0.384. The standard InChI is InChI=1S/C14H11F3N2O2/c15-11-4-5-13(19(20)21)12(7-11)18-8-9-2-1-3-10(6-9)14(16)17/h1-7,14,18H,8H2. The van der Waals surface area contributed by atoms with E-state index in [1.807, 2.05) is 0 Å². The van der Waals surface area contributed by atoms with Gasteiger partial charge in [-0.2, -0.15) is 0 Å². The first-order valence-corrected chi connectivity index (χ1v) is 6.02. The molecule has 0 aliphatic rings. The van der Waals surface area contributed by atoms with Gasteiger partial charge in [0.05, 0.1) is 4.92 Å². The molecule has 110 valence electrons. The van der Waals surface area contributed by atoms with Crippen LogP contribution >= 0.6 is 0 Å². The lowest BCUT2D eigenvalue weighted by Crippen LogP contribution is -2.03. The van der Waals surface area contributed by atoms with Gasteiger partial charge in [0.25, 0.3) is 12.1 Å². The minimum Gasteiger partial charge on any atom is -0.375 e. The molecule has 0 heterocycles. The molecule has 0 aromatic heterocycles. The predicted octanol–water partition coefficient (Wildman–Crippen LogP) is 4.28. The molecule has 0 fully saturated rings. The zero-order valence-electron chi connectivity index (χ0n) is 10.7. The highest BCUT2D eigenvalue weighted by molar-refractivity contribution is 5.61. The van der Waals surface area contributed by atoms with Crippen LogP contribution in [-0.4, -0.2) is 4.92 Å². The van der Waals surface area contributed by atoms with E-state index in [-0.39, 0.29) is 23.5 Å². The fourth-order valence-corrected chi connectivity index (χ4v) is 1.85. The molecule has 21 heavy (non-hydrogen) atoms. The number of nitro groups is 1. The summed E-state index contributed by atoms with van der Waals surface area (Å²) in [6.45, 7) is 0.0743. The van der Waals surface area contributed by atoms with Crippen LogP contribution in [0.4, 0.5) is 24.5 Å². The van der Waals surface area contributed by atoms with Gasteiger partial charge in [-0.3, -0.25) is 10.1 Å². The van der Waals surface area contributed by atoms with Crippen LogP contribution in [0.25, 0.3) is 0 Å². The SMILES string of the molecule is O=[N+]([O-])c1ccc(F)cc1NCc1cccc(C(F)F)c1. The molecule has 0 radical (unpaired) electrons. The zero-order chi connectivity index (χ0) is 15.4. The summed E-state index contributed by atoms with van der Waals surface area (Å²) in [6.07, 6.45) is -2.59. The Morgan fingerprint density at radius 1 is 1.19 bits per heavy atom. The number of hydrogen-bond acceptors (Lipinski definition) is 3. The maximum absolute atomic E-state index is 13.1. The van der Waals surface area contributed by atoms with E-state index in [1.54, 1.807) is 6.07 Å². The van der Waals surface area contributed by atoms with Gasteiger partial charge in [0, 0.05) is 24.2 Å². The van der Waals surface area contributed by atoms with Crippen molar-refractivity contribution in [2.24, 2.45) is 0 Å². The van der Waals surface area contributed by atoms with Crippen molar-refractivity contribution >= 4 is 11.4 Å². The maximum Gasteiger partial charge on any atom is 0.292 e. The summed E-state index contributed by atoms with van der Waals surface area (Å²) in [7, 11) is 0. The molecule has 0 aliphatic carbocycles. The van der Waals surface area contributed by atoms with Crippen LogP contribution in [-0.2, 0) is 6.54 Å². The van der Waals surface area contributed by atoms with Crippen molar-refractivity contribution in [3.8, 4) is 0 Å². The number of alkyl halides is 2. The zero-order valence-corrected chi connectivity index (χ0v) is 10.7. The largest absolute Gasteiger partial charge is 0.375 e. The first-order chi connectivity index (χ1) is 9.97. The summed E-state index contributed by atoms with van der Waals surface area (Å²) in [5.74, 6) is -0.621. The monoisotopic (exact) mass is 296 g/mol. The van der Waals surface area contributed by atoms with Crippen LogP contribution in [0.3, 0.4) is 0 Å². The van der Waals surface area contributed by atoms with E-state index in [1.165, 1.54) is 18.2 Å². The number of anilines is 1. The Hall–Kier alpha value is -2.57. The molecular formula is C14H11F3N2O2. The van der Waals surface area contributed by atoms with E-state index >= 15 is 0 Å². The number of rotatable bonds is 5. The van der Waals surface area contributed by atoms with Gasteiger partial charge < -0.3 is 5.32 Å². The van der Waals surface area contributed by atoms with Crippen molar-refractivity contribution in [1.29, 1.82) is 0 Å². The second-order valence-corrected chi connectivity index (χ2v) is 4.32. The number of benzene rings is 2. The van der Waals surface area contributed by atoms with Crippen LogP contribution in [0.5, 0.6) is 0 Å². The number of hydrogen-bond donors (Lipinski definition) is 1. The molecule has 0 amide bonds. The summed E-state index contributed by atoms with van der Waals surface area (Å²) < 4.78 is 38.3. The van der Waals surface area contributed by atoms with Crippen molar-refractivity contribution in [1.82, 2.24) is 0 Å². The number of nitrogens with one attached hydrogen (secondary N) is 1. The van der Waals surface area contributed by atoms with Crippen LogP contribution in [0, 0.1) is 15.9 Å². The number of halogens is 3. The Morgan fingerprint density at radius 2 is 1.95 bits per heavy atom. The number of nitro benzene ring substituents is 1. The molecule has 0 bridgehead atoms. The van der Waals surface area contributed by atoms with Crippen molar-refractivity contribution in [3.05, 3.63) is 69.5 Å². The first kappa shape index (κ1) is 14.8. The average molecular weight is 296 g/mol. The minimum absolute atomic E-state index is 0.00227. The summed E-state index contributed by atoms with van der Waals surface area (Å²) in [6, 6.07) is 8.69. The van der Waals surface area contributed by atoms with Crippen molar-refractivity contribution < 1.29 is 18.1 Å². The van der Waals surface area contributed by atoms with E-state index in [9.17, 15) is 23.3 Å². The Kier molecular flexibility index (Phi) is 4.42. The third-order valence-electron chi connectivity index (χ3n) is 2.84. The summed E-state index contributed by atoms with van der Waals surface area (Å²) in [5.41, 5.74) is 0.110. The van der Waals surface area contributed by atoms with Crippen molar-refractivity contribution in [2.45, 2.75) is 13.0 Å². The summed E-state index contributed by atoms with van der Waals surface area (Å²) in [4.78, 5) is 10.2. The van der Waals surface area contributed by atoms with Gasteiger partial charge in [-0.25, -0.2) is 13.2 Å². The van der Waals surface area contributed by atoms with Crippen LogP contribution < -0.4 is 5.32 Å². The van der Waals surface area contributed by atoms with Gasteiger partial charge in [-0.15, -0.1) is 0 Å². The van der Waals surface area contributed by atoms with Crippen molar-refractivity contribution in [3.63, 3.8) is 0 Å². The Bertz CT molecular complexity index is 662. The Labute approximate surface area is 118 Å². The van der Waals surface area contributed by atoms with Gasteiger partial charge in [0.2, 0.25) is 0 Å². The summed E-state index contributed by atoms with van der Waals surface area (Å²) in [5, 5.41) is 13.5. The fourth-order valence-electron chi connectivity index (χ4n) is 1.85. The average Bonchev–Trinajstić information content (AvgIpc) is 2.45. The Balaban J connectivity index is 2.18. The molecule has 2 aromatic rings. The van der Waals surface area contributed by atoms with Crippen molar-refractivity contribution in [2.75, 3.05) is 5.32 Å². The highest BCUT2D eigenvalue weighted by Crippen LogP contribution is 2.26. The molecule has 0 unspecified atom stereocenters. The fraction of sp³-hybridized carbons (Fsp3) is 0.143. The quantitative estimate of drug-likeness (QED) is 0.661. The van der Waals surface area contributed by atoms with Gasteiger partial charge in [-0.1, -0.05) is 18.2 Å². The minimum atomic E-state index is -2.59. The third-order valence-corrected chi connectivity index (χ3v) is 2.84. The molecule has 0 saturated carbocycles. The smallest absolute Gasteiger partial charge is 0.292 e. The molecule has 4 nitrogen and oxygen atoms in total. The van der Waals surface area contributed by atoms with Crippen LogP contribution in [0.15, 0.2) is 42.5 Å². The van der Waals surface area contributed by atoms with Crippen LogP contribution in [0.1, 0.15) is 17.6 Å². The van der Waals surface area contributed by atoms with E-state index < -0.39 is 17.2 Å². The predicted molar refractivity (Wildman–Crippen MR) is 71.8 cm³/mol. The molecule has 1 N–H and O–H groups in total. The molecule has 0 spiro atoms. The van der Waals surface area contributed by atoms with Gasteiger partial charge in [0.15, 0.2) is 0 Å². The topological polar surface area (TPSA) is 55.2 Å². The van der Waals surface area contributed by atoms with Gasteiger partial charge >= 0.3 is 0 Å². The van der Waals surface area contributed by atoms with Crippen LogP contribution in [0.2, 0.25) is 0 Å². The second kappa shape index (κ2) is 6.25. The molecule has 0 saturated heterocycles. The molecule has 2 aromatic carbocycles. The Morgan fingerprint density at radius 3 is 2.62 bits per heavy atom. The highest BCUT2D eigenvalue weighted by Gasteiger charge is 2.14. The molecule has 0 atom stereocenters. The summed E-state index contributed by atoms with van der Waals surface area (Å²) >= 11 is 0. The lowest BCUT2D eigenvalue weighted by Gasteiger charge is -2.08. The molecule has 0 aliphatic heterocycles. The second-order valence-electron chi connectivity index (χ2n) is 4.32. The molecule has 7 heteroatoms. The van der Waals surface area contributed by atoms with E-state index in [2.05, 4.69) is 5.32 Å². The van der Waals surface area contributed by atoms with E-state index in [4.69, 9.17) is 0 Å². The first-order valence-electron chi connectivity index (χ1n) is 6.02. The van der Waals surface area contributed by atoms with Gasteiger partial charge in [-0.05, 0) is 17.7 Å². The third kappa shape index (κ3) is 3.71.